The Hall–Kier alpha value is -1.91. The fourth-order valence-electron chi connectivity index (χ4n) is 2.34. The minimum Gasteiger partial charge on any atom is -0.496 e. The number of pyridine rings is 1. The van der Waals surface area contributed by atoms with Crippen LogP contribution in [-0.2, 0) is 0 Å². The number of aliphatic hydroxyl groups is 1. The molecule has 21 heavy (non-hydrogen) atoms. The molecule has 0 aliphatic rings. The van der Waals surface area contributed by atoms with Crippen LogP contribution in [0.4, 0.5) is 0 Å². The minimum absolute atomic E-state index is 0.651. The summed E-state index contributed by atoms with van der Waals surface area (Å²) in [5.74, 6) is 0.651. The Morgan fingerprint density at radius 3 is 2.81 bits per heavy atom. The Labute approximate surface area is 131 Å². The molecule has 0 radical (unpaired) electrons. The van der Waals surface area contributed by atoms with E-state index in [9.17, 15) is 5.11 Å². The van der Waals surface area contributed by atoms with Gasteiger partial charge in [-0.15, -0.1) is 0 Å². The van der Waals surface area contributed by atoms with Crippen LogP contribution in [0, 0.1) is 0 Å². The molecule has 1 N–H and O–H groups in total. The van der Waals surface area contributed by atoms with Gasteiger partial charge in [0.15, 0.2) is 0 Å². The summed E-state index contributed by atoms with van der Waals surface area (Å²) in [6.07, 6.45) is 0.998. The van der Waals surface area contributed by atoms with E-state index in [2.05, 4.69) is 20.9 Å². The van der Waals surface area contributed by atoms with Gasteiger partial charge in [-0.2, -0.15) is 0 Å². The summed E-state index contributed by atoms with van der Waals surface area (Å²) in [7, 11) is 1.60. The van der Waals surface area contributed by atoms with Crippen molar-refractivity contribution in [3.63, 3.8) is 0 Å². The second-order valence-electron chi connectivity index (χ2n) is 4.74. The van der Waals surface area contributed by atoms with Gasteiger partial charge >= 0.3 is 0 Å². The quantitative estimate of drug-likeness (QED) is 0.778. The number of halogens is 1. The first-order valence-electron chi connectivity index (χ1n) is 6.55. The zero-order valence-electron chi connectivity index (χ0n) is 11.5. The molecule has 3 rings (SSSR count). The lowest BCUT2D eigenvalue weighted by Gasteiger charge is -2.16. The number of aliphatic hydroxyl groups excluding tert-OH is 1. The van der Waals surface area contributed by atoms with Crippen molar-refractivity contribution in [3.8, 4) is 5.75 Å². The van der Waals surface area contributed by atoms with E-state index < -0.39 is 6.10 Å². The summed E-state index contributed by atoms with van der Waals surface area (Å²) in [4.78, 5) is 4.32. The predicted molar refractivity (Wildman–Crippen MR) is 86.5 cm³/mol. The molecular weight excluding hydrogens is 330 g/mol. The first kappa shape index (κ1) is 14.0. The summed E-state index contributed by atoms with van der Waals surface area (Å²) >= 11 is 3.40. The number of rotatable bonds is 3. The highest BCUT2D eigenvalue weighted by atomic mass is 79.9. The largest absolute Gasteiger partial charge is 0.496 e. The maximum Gasteiger partial charge on any atom is 0.126 e. The van der Waals surface area contributed by atoms with Gasteiger partial charge in [-0.3, -0.25) is 4.98 Å². The number of benzene rings is 2. The monoisotopic (exact) mass is 343 g/mol. The van der Waals surface area contributed by atoms with Crippen molar-refractivity contribution in [1.29, 1.82) is 0 Å². The molecule has 0 aliphatic heterocycles. The third kappa shape index (κ3) is 2.77. The van der Waals surface area contributed by atoms with Gasteiger partial charge < -0.3 is 9.84 Å². The van der Waals surface area contributed by atoms with Gasteiger partial charge in [0.1, 0.15) is 11.9 Å². The van der Waals surface area contributed by atoms with Crippen LogP contribution in [0.1, 0.15) is 17.2 Å². The minimum atomic E-state index is -0.751. The van der Waals surface area contributed by atoms with E-state index in [4.69, 9.17) is 4.74 Å². The van der Waals surface area contributed by atoms with Crippen LogP contribution >= 0.6 is 15.9 Å². The first-order chi connectivity index (χ1) is 10.2. The van der Waals surface area contributed by atoms with Gasteiger partial charge in [-0.25, -0.2) is 0 Å². The molecule has 0 amide bonds. The van der Waals surface area contributed by atoms with Gasteiger partial charge in [-0.05, 0) is 29.8 Å². The van der Waals surface area contributed by atoms with Crippen LogP contribution in [-0.4, -0.2) is 17.2 Å². The van der Waals surface area contributed by atoms with Crippen LogP contribution in [0.25, 0.3) is 10.9 Å². The molecule has 3 nitrogen and oxygen atoms in total. The van der Waals surface area contributed by atoms with E-state index in [0.717, 1.165) is 26.5 Å². The van der Waals surface area contributed by atoms with Crippen LogP contribution in [0.2, 0.25) is 0 Å². The van der Waals surface area contributed by atoms with Crippen LogP contribution < -0.4 is 4.74 Å². The lowest BCUT2D eigenvalue weighted by molar-refractivity contribution is 0.215. The summed E-state index contributed by atoms with van der Waals surface area (Å²) in [6, 6.07) is 15.3. The number of fused-ring (bicyclic) bond motifs is 1. The molecule has 1 aromatic heterocycles. The van der Waals surface area contributed by atoms with E-state index in [-0.39, 0.29) is 0 Å². The lowest BCUT2D eigenvalue weighted by Crippen LogP contribution is -2.02. The predicted octanol–water partition coefficient (Wildman–Crippen LogP) is 4.09. The number of hydrogen-bond donors (Lipinski definition) is 1. The molecule has 1 atom stereocenters. The Kier molecular flexibility index (Phi) is 3.90. The first-order valence-corrected chi connectivity index (χ1v) is 7.34. The Morgan fingerprint density at radius 1 is 1.14 bits per heavy atom. The molecule has 4 heteroatoms. The Bertz CT molecular complexity index is 789. The molecule has 3 aromatic rings. The normalized spacial score (nSPS) is 12.3. The lowest BCUT2D eigenvalue weighted by atomic mass is 9.99. The zero-order valence-corrected chi connectivity index (χ0v) is 13.0. The second kappa shape index (κ2) is 5.84. The average Bonchev–Trinajstić information content (AvgIpc) is 2.53. The molecular formula is C17H14BrNO2. The van der Waals surface area contributed by atoms with E-state index >= 15 is 0 Å². The fourth-order valence-corrected chi connectivity index (χ4v) is 2.68. The van der Waals surface area contributed by atoms with E-state index in [1.807, 2.05) is 48.5 Å². The molecule has 0 saturated heterocycles. The van der Waals surface area contributed by atoms with Crippen molar-refractivity contribution in [2.24, 2.45) is 0 Å². The molecule has 0 saturated carbocycles. The molecule has 1 unspecified atom stereocenters. The number of hydrogen-bond acceptors (Lipinski definition) is 3. The Balaban J connectivity index is 2.05. The van der Waals surface area contributed by atoms with Crippen molar-refractivity contribution in [3.05, 3.63) is 70.3 Å². The molecule has 106 valence electrons. The standard InChI is InChI=1S/C17H14BrNO2/c1-21-16-10-13(18)6-7-14(16)17(20)12-5-4-11-3-2-8-19-15(11)9-12/h2-10,17,20H,1H3. The van der Waals surface area contributed by atoms with Crippen molar-refractivity contribution in [2.75, 3.05) is 7.11 Å². The highest BCUT2D eigenvalue weighted by Gasteiger charge is 2.16. The van der Waals surface area contributed by atoms with Crippen LogP contribution in [0.5, 0.6) is 5.75 Å². The molecule has 1 heterocycles. The molecule has 0 spiro atoms. The van der Waals surface area contributed by atoms with E-state index in [0.29, 0.717) is 5.75 Å². The maximum absolute atomic E-state index is 10.6. The highest BCUT2D eigenvalue weighted by Crippen LogP contribution is 2.33. The average molecular weight is 344 g/mol. The third-order valence-electron chi connectivity index (χ3n) is 3.44. The zero-order chi connectivity index (χ0) is 14.8. The second-order valence-corrected chi connectivity index (χ2v) is 5.66. The van der Waals surface area contributed by atoms with Crippen LogP contribution in [0.15, 0.2) is 59.2 Å². The fraction of sp³-hybridized carbons (Fsp3) is 0.118. The van der Waals surface area contributed by atoms with Gasteiger partial charge in [0, 0.05) is 21.6 Å². The van der Waals surface area contributed by atoms with Gasteiger partial charge in [0.25, 0.3) is 0 Å². The molecule has 2 aromatic carbocycles. The number of methoxy groups -OCH3 is 1. The smallest absolute Gasteiger partial charge is 0.126 e. The maximum atomic E-state index is 10.6. The number of aromatic nitrogens is 1. The topological polar surface area (TPSA) is 42.4 Å². The van der Waals surface area contributed by atoms with Crippen molar-refractivity contribution in [1.82, 2.24) is 4.98 Å². The summed E-state index contributed by atoms with van der Waals surface area (Å²) < 4.78 is 6.26. The van der Waals surface area contributed by atoms with Gasteiger partial charge in [-0.1, -0.05) is 40.2 Å². The van der Waals surface area contributed by atoms with Crippen LogP contribution in [0.3, 0.4) is 0 Å². The number of ether oxygens (including phenoxy) is 1. The summed E-state index contributed by atoms with van der Waals surface area (Å²) in [5, 5.41) is 11.7. The Morgan fingerprint density at radius 2 is 2.00 bits per heavy atom. The summed E-state index contributed by atoms with van der Waals surface area (Å²) in [6.45, 7) is 0. The molecule has 0 bridgehead atoms. The van der Waals surface area contributed by atoms with Gasteiger partial charge in [0.05, 0.1) is 12.6 Å². The van der Waals surface area contributed by atoms with Gasteiger partial charge in [0.2, 0.25) is 0 Å². The third-order valence-corrected chi connectivity index (χ3v) is 3.93. The highest BCUT2D eigenvalue weighted by molar-refractivity contribution is 9.10. The van der Waals surface area contributed by atoms with E-state index in [1.54, 1.807) is 13.3 Å². The molecule has 0 fully saturated rings. The van der Waals surface area contributed by atoms with Crippen molar-refractivity contribution < 1.29 is 9.84 Å². The summed E-state index contributed by atoms with van der Waals surface area (Å²) in [5.41, 5.74) is 2.39. The van der Waals surface area contributed by atoms with E-state index in [1.165, 1.54) is 0 Å². The molecule has 0 aliphatic carbocycles. The van der Waals surface area contributed by atoms with Crippen molar-refractivity contribution >= 4 is 26.8 Å². The SMILES string of the molecule is COc1cc(Br)ccc1C(O)c1ccc2cccnc2c1. The van der Waals surface area contributed by atoms with Crippen molar-refractivity contribution in [2.45, 2.75) is 6.10 Å². The number of nitrogens with zero attached hydrogens (tertiary/aromatic N) is 1.